The summed E-state index contributed by atoms with van der Waals surface area (Å²) >= 11 is 0. The van der Waals surface area contributed by atoms with Gasteiger partial charge in [-0.25, -0.2) is 0 Å². The molecule has 3 N–H and O–H groups in total. The number of aromatic nitrogens is 3. The normalized spacial score (nSPS) is 17.7. The molecule has 0 saturated carbocycles. The molecule has 1 aliphatic heterocycles. The third kappa shape index (κ3) is 3.81. The molecule has 0 radical (unpaired) electrons. The highest BCUT2D eigenvalue weighted by molar-refractivity contribution is 5.79. The Morgan fingerprint density at radius 2 is 2.19 bits per heavy atom. The molecule has 1 aliphatic rings. The lowest BCUT2D eigenvalue weighted by atomic mass is 10.0. The highest BCUT2D eigenvalue weighted by atomic mass is 16.2. The SMILES string of the molecule is CCCC(CN)C(=O)NC(C)c1nnc2n1CCCCC2. The molecule has 2 rings (SSSR count). The Labute approximate surface area is 126 Å². The molecule has 118 valence electrons. The zero-order chi connectivity index (χ0) is 15.2. The van der Waals surface area contributed by atoms with Gasteiger partial charge in [-0.15, -0.1) is 10.2 Å². The van der Waals surface area contributed by atoms with E-state index in [2.05, 4.69) is 27.0 Å². The molecule has 0 aliphatic carbocycles. The highest BCUT2D eigenvalue weighted by Gasteiger charge is 2.23. The van der Waals surface area contributed by atoms with Crippen LogP contribution in [0.4, 0.5) is 0 Å². The fourth-order valence-electron chi connectivity index (χ4n) is 2.93. The number of nitrogens with two attached hydrogens (primary N) is 1. The third-order valence-corrected chi connectivity index (χ3v) is 4.18. The van der Waals surface area contributed by atoms with Gasteiger partial charge in [0.25, 0.3) is 0 Å². The fourth-order valence-corrected chi connectivity index (χ4v) is 2.93. The molecule has 2 heterocycles. The Kier molecular flexibility index (Phi) is 5.73. The van der Waals surface area contributed by atoms with E-state index >= 15 is 0 Å². The first kappa shape index (κ1) is 15.9. The van der Waals surface area contributed by atoms with E-state index in [1.165, 1.54) is 12.8 Å². The molecule has 21 heavy (non-hydrogen) atoms. The first-order valence-corrected chi connectivity index (χ1v) is 8.09. The van der Waals surface area contributed by atoms with Crippen molar-refractivity contribution in [2.45, 2.75) is 65.0 Å². The van der Waals surface area contributed by atoms with E-state index in [-0.39, 0.29) is 17.9 Å². The zero-order valence-electron chi connectivity index (χ0n) is 13.1. The lowest BCUT2D eigenvalue weighted by Gasteiger charge is -2.19. The van der Waals surface area contributed by atoms with E-state index in [0.717, 1.165) is 43.9 Å². The minimum atomic E-state index is -0.122. The van der Waals surface area contributed by atoms with Crippen molar-refractivity contribution in [3.05, 3.63) is 11.6 Å². The molecule has 6 nitrogen and oxygen atoms in total. The number of rotatable bonds is 6. The van der Waals surface area contributed by atoms with Gasteiger partial charge in [-0.3, -0.25) is 4.79 Å². The number of fused-ring (bicyclic) bond motifs is 1. The van der Waals surface area contributed by atoms with Gasteiger partial charge in [0.1, 0.15) is 5.82 Å². The van der Waals surface area contributed by atoms with Crippen molar-refractivity contribution in [3.63, 3.8) is 0 Å². The molecular weight excluding hydrogens is 266 g/mol. The van der Waals surface area contributed by atoms with Crippen LogP contribution in [0.3, 0.4) is 0 Å². The highest BCUT2D eigenvalue weighted by Crippen LogP contribution is 2.19. The smallest absolute Gasteiger partial charge is 0.224 e. The first-order valence-electron chi connectivity index (χ1n) is 8.09. The van der Waals surface area contributed by atoms with Gasteiger partial charge in [0.05, 0.1) is 12.0 Å². The molecule has 2 atom stereocenters. The lowest BCUT2D eigenvalue weighted by molar-refractivity contribution is -0.125. The first-order chi connectivity index (χ1) is 10.2. The number of amides is 1. The van der Waals surface area contributed by atoms with Crippen LogP contribution in [0.2, 0.25) is 0 Å². The minimum Gasteiger partial charge on any atom is -0.346 e. The van der Waals surface area contributed by atoms with Gasteiger partial charge in [0.2, 0.25) is 5.91 Å². The van der Waals surface area contributed by atoms with Crippen LogP contribution in [-0.2, 0) is 17.8 Å². The van der Waals surface area contributed by atoms with Gasteiger partial charge < -0.3 is 15.6 Å². The van der Waals surface area contributed by atoms with Gasteiger partial charge in [-0.05, 0) is 26.2 Å². The number of hydrogen-bond donors (Lipinski definition) is 2. The van der Waals surface area contributed by atoms with Gasteiger partial charge >= 0.3 is 0 Å². The predicted octanol–water partition coefficient (Wildman–Crippen LogP) is 1.56. The second kappa shape index (κ2) is 7.54. The van der Waals surface area contributed by atoms with Crippen molar-refractivity contribution >= 4 is 5.91 Å². The summed E-state index contributed by atoms with van der Waals surface area (Å²) in [5, 5.41) is 11.6. The lowest BCUT2D eigenvalue weighted by Crippen LogP contribution is -2.37. The average molecular weight is 293 g/mol. The molecule has 0 spiro atoms. The van der Waals surface area contributed by atoms with Crippen LogP contribution >= 0.6 is 0 Å². The van der Waals surface area contributed by atoms with Gasteiger partial charge in [-0.2, -0.15) is 0 Å². The van der Waals surface area contributed by atoms with E-state index in [1.54, 1.807) is 0 Å². The maximum absolute atomic E-state index is 12.3. The fraction of sp³-hybridized carbons (Fsp3) is 0.800. The summed E-state index contributed by atoms with van der Waals surface area (Å²) in [5.41, 5.74) is 5.69. The average Bonchev–Trinajstić information content (AvgIpc) is 2.73. The standard InChI is InChI=1S/C15H27N5O/c1-3-7-12(10-16)15(21)17-11(2)14-19-18-13-8-5-4-6-9-20(13)14/h11-12H,3-10,16H2,1-2H3,(H,17,21). The molecule has 0 aromatic carbocycles. The van der Waals surface area contributed by atoms with Crippen LogP contribution in [0.1, 0.15) is 63.6 Å². The second-order valence-corrected chi connectivity index (χ2v) is 5.89. The summed E-state index contributed by atoms with van der Waals surface area (Å²) in [6.45, 7) is 5.38. The van der Waals surface area contributed by atoms with E-state index in [4.69, 9.17) is 5.73 Å². The van der Waals surface area contributed by atoms with Crippen LogP contribution < -0.4 is 11.1 Å². The van der Waals surface area contributed by atoms with E-state index in [0.29, 0.717) is 6.54 Å². The van der Waals surface area contributed by atoms with Crippen LogP contribution in [0.15, 0.2) is 0 Å². The largest absolute Gasteiger partial charge is 0.346 e. The Morgan fingerprint density at radius 3 is 2.90 bits per heavy atom. The molecule has 0 bridgehead atoms. The number of carbonyl (C=O) groups excluding carboxylic acids is 1. The Morgan fingerprint density at radius 1 is 1.38 bits per heavy atom. The Balaban J connectivity index is 2.05. The van der Waals surface area contributed by atoms with Crippen molar-refractivity contribution in [2.75, 3.05) is 6.54 Å². The monoisotopic (exact) mass is 293 g/mol. The van der Waals surface area contributed by atoms with Crippen molar-refractivity contribution in [2.24, 2.45) is 11.7 Å². The van der Waals surface area contributed by atoms with Crippen molar-refractivity contribution in [1.82, 2.24) is 20.1 Å². The van der Waals surface area contributed by atoms with Crippen molar-refractivity contribution in [3.8, 4) is 0 Å². The summed E-state index contributed by atoms with van der Waals surface area (Å²) in [6, 6.07) is -0.122. The molecule has 6 heteroatoms. The van der Waals surface area contributed by atoms with Gasteiger partial charge in [-0.1, -0.05) is 19.8 Å². The molecule has 0 saturated heterocycles. The number of nitrogens with zero attached hydrogens (tertiary/aromatic N) is 3. The topological polar surface area (TPSA) is 85.8 Å². The van der Waals surface area contributed by atoms with Crippen LogP contribution in [0.5, 0.6) is 0 Å². The Bertz CT molecular complexity index is 471. The summed E-state index contributed by atoms with van der Waals surface area (Å²) in [5.74, 6) is 1.84. The van der Waals surface area contributed by atoms with E-state index in [9.17, 15) is 4.79 Å². The molecule has 1 aromatic rings. The number of aryl methyl sites for hydroxylation is 1. The van der Waals surface area contributed by atoms with Crippen molar-refractivity contribution in [1.29, 1.82) is 0 Å². The number of hydrogen-bond acceptors (Lipinski definition) is 4. The minimum absolute atomic E-state index is 0.0258. The quantitative estimate of drug-likeness (QED) is 0.833. The van der Waals surface area contributed by atoms with E-state index in [1.807, 2.05) is 6.92 Å². The zero-order valence-corrected chi connectivity index (χ0v) is 13.1. The predicted molar refractivity (Wildman–Crippen MR) is 81.6 cm³/mol. The van der Waals surface area contributed by atoms with Crippen molar-refractivity contribution < 1.29 is 4.79 Å². The summed E-state index contributed by atoms with van der Waals surface area (Å²) in [6.07, 6.45) is 6.33. The van der Waals surface area contributed by atoms with Crippen LogP contribution in [-0.4, -0.2) is 27.2 Å². The molecule has 2 unspecified atom stereocenters. The third-order valence-electron chi connectivity index (χ3n) is 4.18. The molecule has 0 fully saturated rings. The summed E-state index contributed by atoms with van der Waals surface area (Å²) in [4.78, 5) is 12.3. The second-order valence-electron chi connectivity index (χ2n) is 5.89. The maximum Gasteiger partial charge on any atom is 0.224 e. The summed E-state index contributed by atoms with van der Waals surface area (Å²) in [7, 11) is 0. The maximum atomic E-state index is 12.3. The Hall–Kier alpha value is -1.43. The number of carbonyl (C=O) groups is 1. The van der Waals surface area contributed by atoms with Crippen LogP contribution in [0.25, 0.3) is 0 Å². The summed E-state index contributed by atoms with van der Waals surface area (Å²) < 4.78 is 2.18. The van der Waals surface area contributed by atoms with Crippen LogP contribution in [0, 0.1) is 5.92 Å². The molecular formula is C15H27N5O. The molecule has 1 aromatic heterocycles. The molecule has 1 amide bonds. The number of nitrogens with one attached hydrogen (secondary N) is 1. The van der Waals surface area contributed by atoms with Gasteiger partial charge in [0, 0.05) is 19.5 Å². The van der Waals surface area contributed by atoms with Gasteiger partial charge in [0.15, 0.2) is 5.82 Å². The van der Waals surface area contributed by atoms with E-state index < -0.39 is 0 Å².